The molecule has 0 atom stereocenters. The van der Waals surface area contributed by atoms with Crippen LogP contribution >= 0.6 is 0 Å². The zero-order valence-electron chi connectivity index (χ0n) is 22.5. The zero-order chi connectivity index (χ0) is 28.6. The number of hydrogen-bond acceptors (Lipinski definition) is 7. The second-order valence-electron chi connectivity index (χ2n) is 9.69. The van der Waals surface area contributed by atoms with Crippen molar-refractivity contribution in [1.29, 1.82) is 0 Å². The van der Waals surface area contributed by atoms with Gasteiger partial charge in [0, 0.05) is 17.1 Å². The lowest BCUT2D eigenvalue weighted by Crippen LogP contribution is -2.08. The number of para-hydroxylation sites is 1. The summed E-state index contributed by atoms with van der Waals surface area (Å²) in [6.07, 6.45) is 2.00. The van der Waals surface area contributed by atoms with Gasteiger partial charge in [0.05, 0.1) is 41.0 Å². The minimum atomic E-state index is -1.01. The fourth-order valence-electron chi connectivity index (χ4n) is 5.18. The summed E-state index contributed by atoms with van der Waals surface area (Å²) in [6, 6.07) is 27.5. The maximum Gasteiger partial charge on any atom is 0.337 e. The van der Waals surface area contributed by atoms with Crippen LogP contribution in [0.25, 0.3) is 50.1 Å². The maximum absolute atomic E-state index is 12.0. The first kappa shape index (κ1) is 25.1. The number of carbonyl (C=O) groups is 1. The Hall–Kier alpha value is -5.84. The van der Waals surface area contributed by atoms with Gasteiger partial charge in [-0.2, -0.15) is 15.3 Å². The van der Waals surface area contributed by atoms with Gasteiger partial charge in [0.15, 0.2) is 0 Å². The van der Waals surface area contributed by atoms with Gasteiger partial charge in [-0.05, 0) is 65.2 Å². The first-order valence-electron chi connectivity index (χ1n) is 13.4. The largest absolute Gasteiger partial charge is 0.478 e. The Kier molecular flexibility index (Phi) is 6.16. The summed E-state index contributed by atoms with van der Waals surface area (Å²) < 4.78 is 9.46. The van der Waals surface area contributed by atoms with Crippen molar-refractivity contribution < 1.29 is 14.6 Å². The molecule has 4 aromatic carbocycles. The molecule has 0 fully saturated rings. The number of H-pyrrole nitrogens is 1. The molecule has 0 aliphatic heterocycles. The van der Waals surface area contributed by atoms with Gasteiger partial charge in [0.1, 0.15) is 0 Å². The number of nitrogens with zero attached hydrogens (tertiary/aromatic N) is 7. The molecule has 0 spiro atoms. The number of fused-ring (bicyclic) bond motifs is 2. The van der Waals surface area contributed by atoms with Crippen molar-refractivity contribution in [3.05, 3.63) is 102 Å². The van der Waals surface area contributed by atoms with Crippen molar-refractivity contribution >= 4 is 27.9 Å². The predicted molar refractivity (Wildman–Crippen MR) is 157 cm³/mol. The number of hydrogen-bond donors (Lipinski definition) is 2. The molecule has 42 heavy (non-hydrogen) atoms. The van der Waals surface area contributed by atoms with E-state index in [4.69, 9.17) is 9.84 Å². The number of tetrazole rings is 1. The van der Waals surface area contributed by atoms with Gasteiger partial charge in [-0.3, -0.25) is 4.57 Å². The smallest absolute Gasteiger partial charge is 0.337 e. The van der Waals surface area contributed by atoms with Crippen molar-refractivity contribution in [2.45, 2.75) is 13.5 Å². The van der Waals surface area contributed by atoms with Crippen LogP contribution in [-0.2, 0) is 6.54 Å². The number of ether oxygens (including phenoxy) is 1. The second kappa shape index (κ2) is 10.3. The standard InChI is InChI=1S/C31H24N8O3/c1-2-42-31-32-27-9-5-7-24(30(40)41)28(27)38(31)17-19-10-12-20(13-11-19)25-16-22(14-15-23(25)29-33-36-37-34-29)39-18-21-6-3-4-8-26(21)35-39/h3-16,18H,2,17H2,1H3,(H,40,41)(H,33,34,36,37). The summed E-state index contributed by atoms with van der Waals surface area (Å²) in [6.45, 7) is 2.66. The third kappa shape index (κ3) is 4.42. The molecule has 206 valence electrons. The number of aromatic nitrogens is 8. The van der Waals surface area contributed by atoms with Crippen LogP contribution in [0.2, 0.25) is 0 Å². The summed E-state index contributed by atoms with van der Waals surface area (Å²) in [5.41, 5.74) is 6.71. The van der Waals surface area contributed by atoms with Crippen LogP contribution in [0.4, 0.5) is 0 Å². The van der Waals surface area contributed by atoms with Gasteiger partial charge >= 0.3 is 5.97 Å². The molecule has 0 saturated carbocycles. The van der Waals surface area contributed by atoms with Crippen molar-refractivity contribution in [2.75, 3.05) is 6.61 Å². The highest BCUT2D eigenvalue weighted by atomic mass is 16.5. The molecule has 2 N–H and O–H groups in total. The number of rotatable bonds is 8. The van der Waals surface area contributed by atoms with Crippen molar-refractivity contribution in [3.63, 3.8) is 0 Å². The van der Waals surface area contributed by atoms with Crippen LogP contribution in [0.1, 0.15) is 22.8 Å². The Bertz CT molecular complexity index is 2030. The van der Waals surface area contributed by atoms with Crippen LogP contribution in [0.3, 0.4) is 0 Å². The molecule has 7 rings (SSSR count). The van der Waals surface area contributed by atoms with E-state index >= 15 is 0 Å². The molecular weight excluding hydrogens is 532 g/mol. The molecule has 0 aliphatic carbocycles. The Morgan fingerprint density at radius 2 is 1.79 bits per heavy atom. The third-order valence-electron chi connectivity index (χ3n) is 7.11. The van der Waals surface area contributed by atoms with Crippen LogP contribution < -0.4 is 4.74 Å². The third-order valence-corrected chi connectivity index (χ3v) is 7.11. The first-order chi connectivity index (χ1) is 20.6. The topological polar surface area (TPSA) is 137 Å². The minimum absolute atomic E-state index is 0.176. The predicted octanol–water partition coefficient (Wildman–Crippen LogP) is 5.37. The highest BCUT2D eigenvalue weighted by Gasteiger charge is 2.19. The molecule has 0 saturated heterocycles. The van der Waals surface area contributed by atoms with Gasteiger partial charge in [-0.25, -0.2) is 9.48 Å². The fourth-order valence-corrected chi connectivity index (χ4v) is 5.18. The summed E-state index contributed by atoms with van der Waals surface area (Å²) >= 11 is 0. The lowest BCUT2D eigenvalue weighted by atomic mass is 9.97. The Balaban J connectivity index is 1.29. The SMILES string of the molecule is CCOc1nc2cccc(C(=O)O)c2n1Cc1ccc(-c2cc(-n3cc4ccccc4n3)ccc2-c2nn[nH]n2)cc1. The molecule has 7 aromatic rings. The van der Waals surface area contributed by atoms with Crippen LogP contribution in [0.15, 0.2) is 91.1 Å². The lowest BCUT2D eigenvalue weighted by molar-refractivity contribution is 0.0698. The Labute approximate surface area is 239 Å². The molecule has 0 aliphatic rings. The summed E-state index contributed by atoms with van der Waals surface area (Å²) in [7, 11) is 0. The van der Waals surface area contributed by atoms with E-state index in [9.17, 15) is 9.90 Å². The van der Waals surface area contributed by atoms with E-state index in [1.54, 1.807) is 18.2 Å². The monoisotopic (exact) mass is 556 g/mol. The molecule has 3 aromatic heterocycles. The number of nitrogens with one attached hydrogen (secondary N) is 1. The van der Waals surface area contributed by atoms with Gasteiger partial charge in [0.25, 0.3) is 6.01 Å². The number of aromatic amines is 1. The Morgan fingerprint density at radius 3 is 2.55 bits per heavy atom. The van der Waals surface area contributed by atoms with E-state index in [1.807, 2.05) is 83.0 Å². The average molecular weight is 557 g/mol. The molecule has 11 heteroatoms. The van der Waals surface area contributed by atoms with E-state index < -0.39 is 5.97 Å². The molecule has 0 amide bonds. The van der Waals surface area contributed by atoms with E-state index in [1.165, 1.54) is 0 Å². The number of imidazole rings is 1. The fraction of sp³-hybridized carbons (Fsp3) is 0.0968. The first-order valence-corrected chi connectivity index (χ1v) is 13.4. The highest BCUT2D eigenvalue weighted by molar-refractivity contribution is 6.01. The summed E-state index contributed by atoms with van der Waals surface area (Å²) in [5, 5.41) is 30.3. The van der Waals surface area contributed by atoms with Crippen LogP contribution in [-0.4, -0.2) is 57.6 Å². The summed E-state index contributed by atoms with van der Waals surface area (Å²) in [5.74, 6) is -0.530. The van der Waals surface area contributed by atoms with E-state index in [0.29, 0.717) is 36.0 Å². The van der Waals surface area contributed by atoms with Gasteiger partial charge in [-0.1, -0.05) is 48.5 Å². The lowest BCUT2D eigenvalue weighted by Gasteiger charge is -2.13. The zero-order valence-corrected chi connectivity index (χ0v) is 22.5. The molecule has 0 unspecified atom stereocenters. The molecule has 11 nitrogen and oxygen atoms in total. The van der Waals surface area contributed by atoms with Crippen LogP contribution in [0, 0.1) is 0 Å². The molecule has 3 heterocycles. The number of carboxylic acids is 1. The van der Waals surface area contributed by atoms with E-state index in [-0.39, 0.29) is 5.56 Å². The quantitative estimate of drug-likeness (QED) is 0.255. The number of benzene rings is 4. The van der Waals surface area contributed by atoms with Crippen LogP contribution in [0.5, 0.6) is 6.01 Å². The molecule has 0 radical (unpaired) electrons. The normalized spacial score (nSPS) is 11.4. The second-order valence-corrected chi connectivity index (χ2v) is 9.69. The van der Waals surface area contributed by atoms with Gasteiger partial charge in [0.2, 0.25) is 5.82 Å². The van der Waals surface area contributed by atoms with E-state index in [2.05, 4.69) is 31.7 Å². The minimum Gasteiger partial charge on any atom is -0.478 e. The maximum atomic E-state index is 12.0. The van der Waals surface area contributed by atoms with Crippen molar-refractivity contribution in [2.24, 2.45) is 0 Å². The number of carboxylic acid groups (broad SMARTS) is 1. The van der Waals surface area contributed by atoms with E-state index in [0.717, 1.165) is 38.8 Å². The summed E-state index contributed by atoms with van der Waals surface area (Å²) in [4.78, 5) is 16.5. The highest BCUT2D eigenvalue weighted by Crippen LogP contribution is 2.33. The van der Waals surface area contributed by atoms with Gasteiger partial charge in [-0.15, -0.1) is 10.2 Å². The van der Waals surface area contributed by atoms with Crippen molar-refractivity contribution in [1.82, 2.24) is 40.0 Å². The number of aromatic carboxylic acids is 1. The van der Waals surface area contributed by atoms with Crippen molar-refractivity contribution in [3.8, 4) is 34.2 Å². The molecular formula is C31H24N8O3. The Morgan fingerprint density at radius 1 is 0.952 bits per heavy atom. The average Bonchev–Trinajstić information content (AvgIpc) is 3.77. The van der Waals surface area contributed by atoms with Gasteiger partial charge < -0.3 is 9.84 Å². The molecule has 0 bridgehead atoms.